The zero-order valence-electron chi connectivity index (χ0n) is 17.1. The van der Waals surface area contributed by atoms with Crippen LogP contribution in [0, 0.1) is 5.92 Å². The van der Waals surface area contributed by atoms with Gasteiger partial charge in [-0.3, -0.25) is 9.69 Å². The Bertz CT molecular complexity index is 748. The molecule has 0 aliphatic carbocycles. The van der Waals surface area contributed by atoms with E-state index < -0.39 is 10.0 Å². The van der Waals surface area contributed by atoms with E-state index in [0.717, 1.165) is 57.5 Å². The highest BCUT2D eigenvalue weighted by Gasteiger charge is 2.26. The summed E-state index contributed by atoms with van der Waals surface area (Å²) >= 11 is 0. The molecule has 28 heavy (non-hydrogen) atoms. The van der Waals surface area contributed by atoms with Crippen LogP contribution < -0.4 is 0 Å². The standard InChI is InChI=1S/C21H33N3O3S/c1-18(2)17-22-12-14-23(15-13-22)21(25)16-19-6-8-20(9-7-19)28(26,27)24-10-4-3-5-11-24/h6-9,18H,3-5,10-17H2,1-2H3. The lowest BCUT2D eigenvalue weighted by Crippen LogP contribution is -2.49. The second-order valence-electron chi connectivity index (χ2n) is 8.36. The molecule has 2 fully saturated rings. The van der Waals surface area contributed by atoms with Crippen molar-refractivity contribution in [1.82, 2.24) is 14.1 Å². The van der Waals surface area contributed by atoms with Crippen molar-refractivity contribution in [2.75, 3.05) is 45.8 Å². The molecular formula is C21H33N3O3S. The number of piperidine rings is 1. The Morgan fingerprint density at radius 1 is 0.929 bits per heavy atom. The molecule has 0 N–H and O–H groups in total. The van der Waals surface area contributed by atoms with Gasteiger partial charge in [0.2, 0.25) is 15.9 Å². The van der Waals surface area contributed by atoms with Crippen molar-refractivity contribution in [2.45, 2.75) is 44.4 Å². The van der Waals surface area contributed by atoms with Crippen LogP contribution in [0.1, 0.15) is 38.7 Å². The maximum Gasteiger partial charge on any atom is 0.243 e. The molecule has 0 aromatic heterocycles. The predicted molar refractivity (Wildman–Crippen MR) is 111 cm³/mol. The van der Waals surface area contributed by atoms with E-state index in [0.29, 0.717) is 30.3 Å². The zero-order valence-corrected chi connectivity index (χ0v) is 18.0. The SMILES string of the molecule is CC(C)CN1CCN(C(=O)Cc2ccc(S(=O)(=O)N3CCCCC3)cc2)CC1. The van der Waals surface area contributed by atoms with Gasteiger partial charge in [0.15, 0.2) is 0 Å². The van der Waals surface area contributed by atoms with E-state index in [1.54, 1.807) is 28.6 Å². The van der Waals surface area contributed by atoms with E-state index in [4.69, 9.17) is 0 Å². The van der Waals surface area contributed by atoms with E-state index in [1.807, 2.05) is 4.90 Å². The number of hydrogen-bond acceptors (Lipinski definition) is 4. The molecule has 2 aliphatic heterocycles. The lowest BCUT2D eigenvalue weighted by Gasteiger charge is -2.35. The Morgan fingerprint density at radius 3 is 2.11 bits per heavy atom. The van der Waals surface area contributed by atoms with E-state index in [1.165, 1.54) is 0 Å². The fraction of sp³-hybridized carbons (Fsp3) is 0.667. The molecule has 0 unspecified atom stereocenters. The van der Waals surface area contributed by atoms with Crippen molar-refractivity contribution in [3.63, 3.8) is 0 Å². The molecule has 0 atom stereocenters. The fourth-order valence-electron chi connectivity index (χ4n) is 4.02. The van der Waals surface area contributed by atoms with Crippen LogP contribution >= 0.6 is 0 Å². The molecule has 2 heterocycles. The molecular weight excluding hydrogens is 374 g/mol. The minimum atomic E-state index is -3.41. The Labute approximate surface area is 169 Å². The number of rotatable bonds is 6. The molecule has 0 bridgehead atoms. The quantitative estimate of drug-likeness (QED) is 0.725. The molecule has 2 saturated heterocycles. The summed E-state index contributed by atoms with van der Waals surface area (Å²) in [6.07, 6.45) is 3.28. The molecule has 156 valence electrons. The number of carbonyl (C=O) groups is 1. The summed E-state index contributed by atoms with van der Waals surface area (Å²) in [4.78, 5) is 17.3. The molecule has 1 aromatic carbocycles. The lowest BCUT2D eigenvalue weighted by atomic mass is 10.1. The Hall–Kier alpha value is -1.44. The van der Waals surface area contributed by atoms with Crippen molar-refractivity contribution in [3.05, 3.63) is 29.8 Å². The summed E-state index contributed by atoms with van der Waals surface area (Å²) in [5, 5.41) is 0. The van der Waals surface area contributed by atoms with E-state index in [2.05, 4.69) is 18.7 Å². The highest BCUT2D eigenvalue weighted by Crippen LogP contribution is 2.21. The molecule has 1 amide bonds. The predicted octanol–water partition coefficient (Wildman–Crippen LogP) is 2.20. The van der Waals surface area contributed by atoms with Crippen LogP contribution in [0.4, 0.5) is 0 Å². The van der Waals surface area contributed by atoms with Crippen molar-refractivity contribution in [2.24, 2.45) is 5.92 Å². The van der Waals surface area contributed by atoms with Gasteiger partial charge in [0.05, 0.1) is 11.3 Å². The van der Waals surface area contributed by atoms with E-state index >= 15 is 0 Å². The normalized spacial score (nSPS) is 19.9. The first kappa shape index (κ1) is 21.3. The smallest absolute Gasteiger partial charge is 0.243 e. The maximum atomic E-state index is 12.7. The van der Waals surface area contributed by atoms with Crippen molar-refractivity contribution < 1.29 is 13.2 Å². The molecule has 3 rings (SSSR count). The fourth-order valence-corrected chi connectivity index (χ4v) is 5.53. The monoisotopic (exact) mass is 407 g/mol. The summed E-state index contributed by atoms with van der Waals surface area (Å²) in [7, 11) is -3.41. The summed E-state index contributed by atoms with van der Waals surface area (Å²) in [5.41, 5.74) is 0.868. The second-order valence-corrected chi connectivity index (χ2v) is 10.3. The van der Waals surface area contributed by atoms with Crippen LogP contribution in [0.5, 0.6) is 0 Å². The largest absolute Gasteiger partial charge is 0.340 e. The van der Waals surface area contributed by atoms with Crippen LogP contribution in [0.15, 0.2) is 29.2 Å². The van der Waals surface area contributed by atoms with Gasteiger partial charge in [-0.2, -0.15) is 4.31 Å². The van der Waals surface area contributed by atoms with Gasteiger partial charge in [-0.25, -0.2) is 8.42 Å². The third kappa shape index (κ3) is 5.33. The first-order valence-electron chi connectivity index (χ1n) is 10.5. The molecule has 0 radical (unpaired) electrons. The number of carbonyl (C=O) groups excluding carboxylic acids is 1. The molecule has 2 aliphatic rings. The summed E-state index contributed by atoms with van der Waals surface area (Å²) in [5.74, 6) is 0.762. The average Bonchev–Trinajstić information content (AvgIpc) is 2.69. The molecule has 0 saturated carbocycles. The van der Waals surface area contributed by atoms with Gasteiger partial charge in [0.1, 0.15) is 0 Å². The van der Waals surface area contributed by atoms with Crippen LogP contribution in [0.3, 0.4) is 0 Å². The van der Waals surface area contributed by atoms with Crippen LogP contribution in [0.2, 0.25) is 0 Å². The van der Waals surface area contributed by atoms with Crippen molar-refractivity contribution in [1.29, 1.82) is 0 Å². The number of sulfonamides is 1. The number of amides is 1. The van der Waals surface area contributed by atoms with Crippen molar-refractivity contribution in [3.8, 4) is 0 Å². The van der Waals surface area contributed by atoms with Crippen LogP contribution in [-0.2, 0) is 21.2 Å². The Kier molecular flexibility index (Phi) is 7.12. The molecule has 0 spiro atoms. The third-order valence-electron chi connectivity index (χ3n) is 5.58. The van der Waals surface area contributed by atoms with Gasteiger partial charge >= 0.3 is 0 Å². The number of benzene rings is 1. The second kappa shape index (κ2) is 9.37. The molecule has 6 nitrogen and oxygen atoms in total. The van der Waals surface area contributed by atoms with Gasteiger partial charge in [-0.1, -0.05) is 32.4 Å². The van der Waals surface area contributed by atoms with Gasteiger partial charge in [0.25, 0.3) is 0 Å². The molecule has 7 heteroatoms. The first-order chi connectivity index (χ1) is 13.4. The Balaban J connectivity index is 1.55. The lowest BCUT2D eigenvalue weighted by molar-refractivity contribution is -0.132. The minimum Gasteiger partial charge on any atom is -0.340 e. The topological polar surface area (TPSA) is 60.9 Å². The van der Waals surface area contributed by atoms with Crippen LogP contribution in [0.25, 0.3) is 0 Å². The van der Waals surface area contributed by atoms with E-state index in [9.17, 15) is 13.2 Å². The Morgan fingerprint density at radius 2 is 1.54 bits per heavy atom. The third-order valence-corrected chi connectivity index (χ3v) is 7.49. The number of piperazine rings is 1. The summed E-state index contributed by atoms with van der Waals surface area (Å²) in [6, 6.07) is 6.85. The highest BCUT2D eigenvalue weighted by atomic mass is 32.2. The minimum absolute atomic E-state index is 0.121. The van der Waals surface area contributed by atoms with Crippen molar-refractivity contribution >= 4 is 15.9 Å². The zero-order chi connectivity index (χ0) is 20.1. The van der Waals surface area contributed by atoms with Gasteiger partial charge in [0, 0.05) is 45.8 Å². The van der Waals surface area contributed by atoms with E-state index in [-0.39, 0.29) is 5.91 Å². The van der Waals surface area contributed by atoms with Gasteiger partial charge < -0.3 is 4.90 Å². The highest BCUT2D eigenvalue weighted by molar-refractivity contribution is 7.89. The van der Waals surface area contributed by atoms with Gasteiger partial charge in [-0.15, -0.1) is 0 Å². The number of nitrogens with zero attached hydrogens (tertiary/aromatic N) is 3. The number of hydrogen-bond donors (Lipinski definition) is 0. The van der Waals surface area contributed by atoms with Crippen LogP contribution in [-0.4, -0.2) is 74.2 Å². The summed E-state index contributed by atoms with van der Waals surface area (Å²) < 4.78 is 27.0. The summed E-state index contributed by atoms with van der Waals surface area (Å²) in [6.45, 7) is 10.1. The van der Waals surface area contributed by atoms with Gasteiger partial charge in [-0.05, 0) is 36.5 Å². The first-order valence-corrected chi connectivity index (χ1v) is 11.9. The maximum absolute atomic E-state index is 12.7. The average molecular weight is 408 g/mol. The molecule has 1 aromatic rings.